The Morgan fingerprint density at radius 3 is 2.46 bits per heavy atom. The molecule has 0 radical (unpaired) electrons. The Balaban J connectivity index is 1.64. The topological polar surface area (TPSA) is 73.1 Å². The number of halogens is 1. The lowest BCUT2D eigenvalue weighted by Crippen LogP contribution is -2.30. The summed E-state index contributed by atoms with van der Waals surface area (Å²) in [5.74, 6) is 0.0283. The molecule has 1 amide bonds. The summed E-state index contributed by atoms with van der Waals surface area (Å²) in [6, 6.07) is 8.86. The number of primary amides is 1. The van der Waals surface area contributed by atoms with Gasteiger partial charge in [0, 0.05) is 30.2 Å². The molecule has 146 valence electrons. The molecule has 4 nitrogen and oxygen atoms in total. The van der Waals surface area contributed by atoms with Crippen molar-refractivity contribution in [1.82, 2.24) is 4.98 Å². The van der Waals surface area contributed by atoms with Crippen molar-refractivity contribution in [3.05, 3.63) is 53.6 Å². The number of rotatable bonds is 8. The molecule has 2 aliphatic rings. The van der Waals surface area contributed by atoms with Crippen LogP contribution < -0.4 is 5.73 Å². The average Bonchev–Trinajstić information content (AvgIpc) is 3.54. The van der Waals surface area contributed by atoms with Crippen LogP contribution in [0.15, 0.2) is 36.5 Å². The fourth-order valence-electron chi connectivity index (χ4n) is 4.26. The molecule has 2 aromatic rings. The van der Waals surface area contributed by atoms with Gasteiger partial charge in [-0.3, -0.25) is 9.59 Å². The Labute approximate surface area is 164 Å². The molecule has 1 atom stereocenters. The number of ketones is 1. The summed E-state index contributed by atoms with van der Waals surface area (Å²) in [5.41, 5.74) is 8.64. The smallest absolute Gasteiger partial charge is 0.217 e. The van der Waals surface area contributed by atoms with Crippen molar-refractivity contribution in [3.8, 4) is 11.1 Å². The van der Waals surface area contributed by atoms with E-state index in [1.165, 1.54) is 17.8 Å². The quantitative estimate of drug-likeness (QED) is 0.536. The molecule has 2 aliphatic carbocycles. The third-order valence-electron chi connectivity index (χ3n) is 6.14. The highest BCUT2D eigenvalue weighted by molar-refractivity contribution is 5.98. The van der Waals surface area contributed by atoms with Crippen LogP contribution in [0, 0.1) is 17.3 Å². The second-order valence-corrected chi connectivity index (χ2v) is 8.62. The largest absolute Gasteiger partial charge is 0.370 e. The summed E-state index contributed by atoms with van der Waals surface area (Å²) in [5, 5.41) is 0. The Morgan fingerprint density at radius 1 is 1.14 bits per heavy atom. The van der Waals surface area contributed by atoms with Gasteiger partial charge in [-0.1, -0.05) is 19.1 Å². The van der Waals surface area contributed by atoms with Crippen LogP contribution in [0.4, 0.5) is 4.39 Å². The predicted octanol–water partition coefficient (Wildman–Crippen LogP) is 4.63. The zero-order chi connectivity index (χ0) is 19.9. The molecule has 1 heterocycles. The van der Waals surface area contributed by atoms with Crippen molar-refractivity contribution in [2.75, 3.05) is 0 Å². The normalized spacial score (nSPS) is 18.5. The van der Waals surface area contributed by atoms with Gasteiger partial charge in [0.25, 0.3) is 0 Å². The van der Waals surface area contributed by atoms with Crippen molar-refractivity contribution < 1.29 is 14.0 Å². The number of amides is 1. The first-order chi connectivity index (χ1) is 13.4. The van der Waals surface area contributed by atoms with Crippen LogP contribution in [0.2, 0.25) is 0 Å². The third kappa shape index (κ3) is 3.98. The van der Waals surface area contributed by atoms with Gasteiger partial charge in [-0.25, -0.2) is 4.98 Å². The number of carbonyl (C=O) groups excluding carboxylic acids is 2. The molecular weight excluding hydrogens is 355 g/mol. The molecule has 0 bridgehead atoms. The van der Waals surface area contributed by atoms with Crippen molar-refractivity contribution in [2.24, 2.45) is 17.1 Å². The van der Waals surface area contributed by atoms with Gasteiger partial charge in [0.1, 0.15) is 0 Å². The maximum Gasteiger partial charge on any atom is 0.217 e. The second kappa shape index (κ2) is 7.12. The van der Waals surface area contributed by atoms with E-state index in [0.29, 0.717) is 23.8 Å². The summed E-state index contributed by atoms with van der Waals surface area (Å²) in [6.45, 7) is 2.00. The lowest BCUT2D eigenvalue weighted by molar-refractivity contribution is -0.120. The Bertz CT molecular complexity index is 917. The van der Waals surface area contributed by atoms with E-state index in [0.717, 1.165) is 36.8 Å². The van der Waals surface area contributed by atoms with E-state index < -0.39 is 5.95 Å². The number of benzene rings is 1. The van der Waals surface area contributed by atoms with Gasteiger partial charge in [0.2, 0.25) is 11.9 Å². The Morgan fingerprint density at radius 2 is 1.89 bits per heavy atom. The minimum absolute atomic E-state index is 0.0225. The first-order valence-electron chi connectivity index (χ1n) is 9.93. The highest BCUT2D eigenvalue weighted by Crippen LogP contribution is 2.50. The molecule has 0 spiro atoms. The molecule has 2 saturated carbocycles. The predicted molar refractivity (Wildman–Crippen MR) is 105 cm³/mol. The highest BCUT2D eigenvalue weighted by atomic mass is 19.1. The molecular formula is C23H25FN2O2. The van der Waals surface area contributed by atoms with Crippen molar-refractivity contribution >= 4 is 11.7 Å². The first-order valence-corrected chi connectivity index (χ1v) is 9.93. The molecule has 2 N–H and O–H groups in total. The molecule has 0 saturated heterocycles. The van der Waals surface area contributed by atoms with E-state index in [9.17, 15) is 14.0 Å². The number of hydrogen-bond acceptors (Lipinski definition) is 3. The summed E-state index contributed by atoms with van der Waals surface area (Å²) in [4.78, 5) is 28.4. The molecule has 2 fully saturated rings. The number of pyridine rings is 1. The summed E-state index contributed by atoms with van der Waals surface area (Å²) < 4.78 is 13.2. The van der Waals surface area contributed by atoms with Gasteiger partial charge < -0.3 is 5.73 Å². The van der Waals surface area contributed by atoms with Gasteiger partial charge in [-0.15, -0.1) is 0 Å². The summed E-state index contributed by atoms with van der Waals surface area (Å²) in [6.07, 6.45) is 6.42. The maximum atomic E-state index is 13.2. The van der Waals surface area contributed by atoms with Gasteiger partial charge in [-0.05, 0) is 72.3 Å². The van der Waals surface area contributed by atoms with Gasteiger partial charge in [0.15, 0.2) is 5.78 Å². The van der Waals surface area contributed by atoms with Gasteiger partial charge in [-0.2, -0.15) is 4.39 Å². The SMILES string of the molecule is C[C@@](CC(N)=O)(CC(=O)c1ccc(C2CC2)c(-c2ccc(F)nc2)c1)C1CC1. The Hall–Kier alpha value is -2.56. The van der Waals surface area contributed by atoms with Crippen LogP contribution in [-0.4, -0.2) is 16.7 Å². The monoisotopic (exact) mass is 380 g/mol. The lowest BCUT2D eigenvalue weighted by atomic mass is 9.76. The Kier molecular flexibility index (Phi) is 4.77. The van der Waals surface area contributed by atoms with Crippen LogP contribution in [0.25, 0.3) is 11.1 Å². The number of nitrogens with two attached hydrogens (primary N) is 1. The van der Waals surface area contributed by atoms with E-state index in [4.69, 9.17) is 5.73 Å². The number of Topliss-reactive ketones (excluding diaryl/α,β-unsaturated/α-hetero) is 1. The maximum absolute atomic E-state index is 13.2. The molecule has 5 heteroatoms. The molecule has 4 rings (SSSR count). The second-order valence-electron chi connectivity index (χ2n) is 8.62. The van der Waals surface area contributed by atoms with Crippen LogP contribution >= 0.6 is 0 Å². The lowest BCUT2D eigenvalue weighted by Gasteiger charge is -2.27. The minimum atomic E-state index is -0.518. The van der Waals surface area contributed by atoms with Crippen LogP contribution in [0.5, 0.6) is 0 Å². The summed E-state index contributed by atoms with van der Waals surface area (Å²) >= 11 is 0. The minimum Gasteiger partial charge on any atom is -0.370 e. The fraction of sp³-hybridized carbons (Fsp3) is 0.435. The standard InChI is InChI=1S/C23H25FN2O2/c1-23(12-22(25)28,17-6-7-17)11-20(27)15-4-8-18(14-2-3-14)19(10-15)16-5-9-21(24)26-13-16/h4-5,8-10,13-14,17H,2-3,6-7,11-12H2,1H3,(H2,25,28)/t23-/m0/s1. The number of carbonyl (C=O) groups is 2. The average molecular weight is 380 g/mol. The third-order valence-corrected chi connectivity index (χ3v) is 6.14. The van der Waals surface area contributed by atoms with Gasteiger partial charge in [0.05, 0.1) is 0 Å². The summed E-state index contributed by atoms with van der Waals surface area (Å²) in [7, 11) is 0. The fourth-order valence-corrected chi connectivity index (χ4v) is 4.26. The van der Waals surface area contributed by atoms with E-state index >= 15 is 0 Å². The number of aromatic nitrogens is 1. The molecule has 0 aliphatic heterocycles. The van der Waals surface area contributed by atoms with Crippen molar-refractivity contribution in [2.45, 2.75) is 51.4 Å². The molecule has 1 aromatic carbocycles. The number of hydrogen-bond donors (Lipinski definition) is 1. The van der Waals surface area contributed by atoms with Crippen molar-refractivity contribution in [1.29, 1.82) is 0 Å². The van der Waals surface area contributed by atoms with Gasteiger partial charge >= 0.3 is 0 Å². The molecule has 28 heavy (non-hydrogen) atoms. The number of nitrogens with zero attached hydrogens (tertiary/aromatic N) is 1. The van der Waals surface area contributed by atoms with Crippen LogP contribution in [0.3, 0.4) is 0 Å². The molecule has 0 unspecified atom stereocenters. The zero-order valence-electron chi connectivity index (χ0n) is 16.1. The van der Waals surface area contributed by atoms with E-state index in [1.807, 2.05) is 25.1 Å². The molecule has 1 aromatic heterocycles. The first kappa shape index (κ1) is 18.8. The van der Waals surface area contributed by atoms with Crippen LogP contribution in [0.1, 0.15) is 67.3 Å². The highest BCUT2D eigenvalue weighted by Gasteiger charge is 2.43. The van der Waals surface area contributed by atoms with Crippen molar-refractivity contribution in [3.63, 3.8) is 0 Å². The van der Waals surface area contributed by atoms with E-state index in [-0.39, 0.29) is 23.5 Å². The van der Waals surface area contributed by atoms with E-state index in [2.05, 4.69) is 4.98 Å². The zero-order valence-corrected chi connectivity index (χ0v) is 16.1. The van der Waals surface area contributed by atoms with E-state index in [1.54, 1.807) is 6.07 Å². The van der Waals surface area contributed by atoms with Crippen LogP contribution in [-0.2, 0) is 4.79 Å².